The molecule has 0 bridgehead atoms. The number of furan rings is 1. The number of aliphatic hydroxyl groups is 1. The van der Waals surface area contributed by atoms with Crippen LogP contribution in [0.5, 0.6) is 0 Å². The monoisotopic (exact) mass is 553 g/mol. The summed E-state index contributed by atoms with van der Waals surface area (Å²) in [5.41, 5.74) is 6.80. The van der Waals surface area contributed by atoms with Crippen molar-refractivity contribution in [3.8, 4) is 11.6 Å². The summed E-state index contributed by atoms with van der Waals surface area (Å²) in [5.74, 6) is 0.963. The van der Waals surface area contributed by atoms with Gasteiger partial charge in [0.1, 0.15) is 5.82 Å². The summed E-state index contributed by atoms with van der Waals surface area (Å²) >= 11 is 0. The Bertz CT molecular complexity index is 1420. The number of carbonyl (C=O) groups is 1. The van der Waals surface area contributed by atoms with Gasteiger partial charge in [-0.3, -0.25) is 9.69 Å². The van der Waals surface area contributed by atoms with E-state index in [1.165, 1.54) is 10.6 Å². The second kappa shape index (κ2) is 12.7. The largest absolute Gasteiger partial charge is 0.461 e. The second-order valence-corrected chi connectivity index (χ2v) is 9.18. The van der Waals surface area contributed by atoms with Crippen LogP contribution in [0.15, 0.2) is 41.0 Å². The van der Waals surface area contributed by atoms with Crippen molar-refractivity contribution in [1.29, 1.82) is 0 Å². The van der Waals surface area contributed by atoms with E-state index in [2.05, 4.69) is 40.9 Å². The molecule has 6 N–H and O–H groups in total. The highest BCUT2D eigenvalue weighted by Gasteiger charge is 2.21. The molecule has 0 radical (unpaired) electrons. The van der Waals surface area contributed by atoms with E-state index in [4.69, 9.17) is 15.3 Å². The van der Waals surface area contributed by atoms with E-state index in [0.717, 1.165) is 19.6 Å². The molecule has 3 aromatic heterocycles. The molecular formula is C25H32FN11O3. The molecule has 1 amide bonds. The molecule has 15 heteroatoms. The van der Waals surface area contributed by atoms with Crippen LogP contribution in [0.1, 0.15) is 10.4 Å². The first kappa shape index (κ1) is 27.2. The van der Waals surface area contributed by atoms with Crippen molar-refractivity contribution in [1.82, 2.24) is 40.1 Å². The molecule has 40 heavy (non-hydrogen) atoms. The molecule has 0 aliphatic carbocycles. The lowest BCUT2D eigenvalue weighted by molar-refractivity contribution is 0.0953. The Labute approximate surface area is 229 Å². The van der Waals surface area contributed by atoms with Crippen molar-refractivity contribution >= 4 is 29.3 Å². The van der Waals surface area contributed by atoms with Gasteiger partial charge < -0.3 is 36.1 Å². The fourth-order valence-corrected chi connectivity index (χ4v) is 4.41. The maximum absolute atomic E-state index is 14.9. The Morgan fingerprint density at radius 3 is 2.67 bits per heavy atom. The van der Waals surface area contributed by atoms with Gasteiger partial charge in [-0.2, -0.15) is 19.5 Å². The lowest BCUT2D eigenvalue weighted by atomic mass is 10.1. The van der Waals surface area contributed by atoms with E-state index in [9.17, 15) is 9.18 Å². The van der Waals surface area contributed by atoms with Gasteiger partial charge in [0.2, 0.25) is 17.7 Å². The maximum Gasteiger partial charge on any atom is 0.259 e. The molecular weight excluding hydrogens is 521 g/mol. The number of nitrogens with two attached hydrogens (primary N) is 1. The number of nitrogen functional groups attached to an aromatic ring is 1. The molecule has 1 fully saturated rings. The molecule has 14 nitrogen and oxygen atoms in total. The number of rotatable bonds is 12. The molecule has 1 aliphatic heterocycles. The number of nitrogens with zero attached hydrogens (tertiary/aromatic N) is 7. The normalized spacial score (nSPS) is 14.1. The van der Waals surface area contributed by atoms with Gasteiger partial charge in [0.05, 0.1) is 18.6 Å². The minimum absolute atomic E-state index is 0.0343. The molecule has 4 aromatic rings. The minimum Gasteiger partial charge on any atom is -0.461 e. The maximum atomic E-state index is 14.9. The summed E-state index contributed by atoms with van der Waals surface area (Å²) in [6, 6.07) is 8.07. The fraction of sp³-hybridized carbons (Fsp3) is 0.400. The molecule has 0 atom stereocenters. The Morgan fingerprint density at radius 2 is 1.93 bits per heavy atom. The van der Waals surface area contributed by atoms with Gasteiger partial charge in [0, 0.05) is 64.5 Å². The van der Waals surface area contributed by atoms with Gasteiger partial charge in [-0.05, 0) is 30.3 Å². The first-order valence-corrected chi connectivity index (χ1v) is 13.1. The fourth-order valence-electron chi connectivity index (χ4n) is 4.41. The summed E-state index contributed by atoms with van der Waals surface area (Å²) < 4.78 is 21.6. The molecule has 1 aliphatic rings. The van der Waals surface area contributed by atoms with E-state index in [-0.39, 0.29) is 24.0 Å². The molecule has 0 saturated carbocycles. The van der Waals surface area contributed by atoms with Crippen LogP contribution in [0.25, 0.3) is 17.4 Å². The van der Waals surface area contributed by atoms with Crippen molar-refractivity contribution < 1.29 is 18.7 Å². The number of hydrogen-bond acceptors (Lipinski definition) is 12. The number of carbonyl (C=O) groups excluding carboxylic acids is 1. The lowest BCUT2D eigenvalue weighted by Crippen LogP contribution is -2.48. The minimum atomic E-state index is -0.421. The standard InChI is InChI=1S/C25H32FN11O3/c26-18-16-17(22(39)29-6-5-28-8-14-38)3-4-19(18)36-12-10-35(11-13-36)9-7-30-24-32-23(27)37-25(33-24)31-21(34-37)20-2-1-15-40-20/h1-4,15-16,28,38H,5-14H2,(H,29,39)(H3,27,30,31,32,33,34). The number of amides is 1. The van der Waals surface area contributed by atoms with Crippen LogP contribution >= 0.6 is 0 Å². The third kappa shape index (κ3) is 6.44. The van der Waals surface area contributed by atoms with E-state index < -0.39 is 5.82 Å². The Morgan fingerprint density at radius 1 is 1.07 bits per heavy atom. The first-order chi connectivity index (χ1) is 19.5. The summed E-state index contributed by atoms with van der Waals surface area (Å²) in [6.07, 6.45) is 1.54. The molecule has 212 valence electrons. The third-order valence-electron chi connectivity index (χ3n) is 6.48. The summed E-state index contributed by atoms with van der Waals surface area (Å²) in [4.78, 5) is 29.6. The zero-order valence-corrected chi connectivity index (χ0v) is 21.9. The molecule has 0 unspecified atom stereocenters. The van der Waals surface area contributed by atoms with Crippen LogP contribution in [0.4, 0.5) is 22.0 Å². The number of halogens is 1. The van der Waals surface area contributed by atoms with E-state index in [1.807, 2.05) is 4.90 Å². The van der Waals surface area contributed by atoms with E-state index in [1.54, 1.807) is 30.5 Å². The van der Waals surface area contributed by atoms with Crippen LogP contribution in [0, 0.1) is 5.82 Å². The SMILES string of the molecule is Nc1nc(NCCN2CCN(c3ccc(C(=O)NCCNCCO)cc3F)CC2)nc2nc(-c3ccco3)nn12. The highest BCUT2D eigenvalue weighted by molar-refractivity contribution is 5.94. The zero-order valence-electron chi connectivity index (χ0n) is 21.9. The van der Waals surface area contributed by atoms with Gasteiger partial charge in [0.25, 0.3) is 11.7 Å². The average Bonchev–Trinajstić information content (AvgIpc) is 3.64. The zero-order chi connectivity index (χ0) is 27.9. The van der Waals surface area contributed by atoms with Crippen molar-refractivity contribution in [3.05, 3.63) is 48.0 Å². The van der Waals surface area contributed by atoms with E-state index >= 15 is 0 Å². The van der Waals surface area contributed by atoms with Crippen LogP contribution in [-0.2, 0) is 0 Å². The molecule has 0 spiro atoms. The third-order valence-corrected chi connectivity index (χ3v) is 6.48. The number of nitrogens with one attached hydrogen (secondary N) is 3. The van der Waals surface area contributed by atoms with Crippen molar-refractivity contribution in [2.45, 2.75) is 0 Å². The van der Waals surface area contributed by atoms with Gasteiger partial charge in [-0.25, -0.2) is 4.39 Å². The number of hydrogen-bond donors (Lipinski definition) is 5. The lowest BCUT2D eigenvalue weighted by Gasteiger charge is -2.36. The van der Waals surface area contributed by atoms with Crippen molar-refractivity contribution in [3.63, 3.8) is 0 Å². The van der Waals surface area contributed by atoms with E-state index in [0.29, 0.717) is 68.3 Å². The Balaban J connectivity index is 1.08. The predicted octanol–water partition coefficient (Wildman–Crippen LogP) is 0.0464. The van der Waals surface area contributed by atoms with Crippen LogP contribution < -0.4 is 26.6 Å². The molecule has 1 saturated heterocycles. The summed E-state index contributed by atoms with van der Waals surface area (Å²) in [7, 11) is 0. The highest BCUT2D eigenvalue weighted by Crippen LogP contribution is 2.22. The number of aliphatic hydroxyl groups excluding tert-OH is 1. The second-order valence-electron chi connectivity index (χ2n) is 9.18. The van der Waals surface area contributed by atoms with Gasteiger partial charge in [-0.15, -0.1) is 5.10 Å². The van der Waals surface area contributed by atoms with Gasteiger partial charge >= 0.3 is 0 Å². The molecule has 5 rings (SSSR count). The van der Waals surface area contributed by atoms with Crippen molar-refractivity contribution in [2.24, 2.45) is 0 Å². The summed E-state index contributed by atoms with van der Waals surface area (Å²) in [5, 5.41) is 21.9. The predicted molar refractivity (Wildman–Crippen MR) is 147 cm³/mol. The highest BCUT2D eigenvalue weighted by atomic mass is 19.1. The number of aromatic nitrogens is 5. The number of fused-ring (bicyclic) bond motifs is 1. The number of piperazine rings is 1. The number of benzene rings is 1. The van der Waals surface area contributed by atoms with Crippen LogP contribution in [-0.4, -0.2) is 106 Å². The van der Waals surface area contributed by atoms with Crippen molar-refractivity contribution in [2.75, 3.05) is 81.5 Å². The van der Waals surface area contributed by atoms with Crippen LogP contribution in [0.2, 0.25) is 0 Å². The topological polar surface area (TPSA) is 175 Å². The van der Waals surface area contributed by atoms with Crippen LogP contribution in [0.3, 0.4) is 0 Å². The quantitative estimate of drug-likeness (QED) is 0.149. The molecule has 4 heterocycles. The smallest absolute Gasteiger partial charge is 0.259 e. The number of anilines is 3. The van der Waals surface area contributed by atoms with Gasteiger partial charge in [0.15, 0.2) is 5.76 Å². The summed E-state index contributed by atoms with van der Waals surface area (Å²) in [6.45, 7) is 5.55. The Hall–Kier alpha value is -4.34. The molecule has 1 aromatic carbocycles. The average molecular weight is 554 g/mol. The Kier molecular flexibility index (Phi) is 8.63. The first-order valence-electron chi connectivity index (χ1n) is 13.1. The van der Waals surface area contributed by atoms with Gasteiger partial charge in [-0.1, -0.05) is 0 Å².